The highest BCUT2D eigenvalue weighted by atomic mass is 32.4. The normalized spacial score (nSPS) is 16.1. The molecule has 0 rings (SSSR count). The van der Waals surface area contributed by atoms with Crippen LogP contribution in [0.2, 0.25) is 0 Å². The van der Waals surface area contributed by atoms with E-state index >= 15 is 0 Å². The molecule has 0 aliphatic heterocycles. The standard InChI is InChI=1S/C21H37O2P5/c1-4-6-17-21(23-28(25)26)20(22-27-24)18-15-13-11-9-7-8-10-12-14-16-19(3)5-2/h7,9,11,13-16,18-21,27H,4-6,8,17,24-26H2,1-3H3. The zero-order chi connectivity index (χ0) is 21.0. The third-order valence-corrected chi connectivity index (χ3v) is 5.98. The van der Waals surface area contributed by atoms with Crippen LogP contribution >= 0.6 is 42.8 Å². The maximum Gasteiger partial charge on any atom is 0.107 e. The number of hydrogen-bond acceptors (Lipinski definition) is 2. The highest BCUT2D eigenvalue weighted by molar-refractivity contribution is 8.41. The average Bonchev–Trinajstić information content (AvgIpc) is 2.67. The van der Waals surface area contributed by atoms with Gasteiger partial charge >= 0.3 is 0 Å². The van der Waals surface area contributed by atoms with Crippen molar-refractivity contribution in [3.8, 4) is 11.8 Å². The fraction of sp³-hybridized carbons (Fsp3) is 0.524. The van der Waals surface area contributed by atoms with Crippen LogP contribution < -0.4 is 0 Å². The lowest BCUT2D eigenvalue weighted by atomic mass is 10.1. The summed E-state index contributed by atoms with van der Waals surface area (Å²) in [6.07, 6.45) is 21.7. The van der Waals surface area contributed by atoms with Crippen molar-refractivity contribution >= 4 is 42.8 Å². The van der Waals surface area contributed by atoms with Crippen molar-refractivity contribution in [3.63, 3.8) is 0 Å². The molecule has 0 saturated heterocycles. The second-order valence-electron chi connectivity index (χ2n) is 6.31. The first-order chi connectivity index (χ1) is 13.5. The van der Waals surface area contributed by atoms with Gasteiger partial charge < -0.3 is 9.05 Å². The zero-order valence-corrected chi connectivity index (χ0v) is 22.7. The Morgan fingerprint density at radius 2 is 1.86 bits per heavy atom. The SMILES string of the molecule is CCCCC(OP(P)P)C(C=CC=CC=CCC#CC=CC(C)CC)OPP. The van der Waals surface area contributed by atoms with E-state index in [0.29, 0.717) is 14.4 Å². The number of hydrogen-bond donors (Lipinski definition) is 0. The largest absolute Gasteiger partial charge is 0.348 e. The summed E-state index contributed by atoms with van der Waals surface area (Å²) in [6.45, 7) is 6.58. The quantitative estimate of drug-likeness (QED) is 0.144. The van der Waals surface area contributed by atoms with Gasteiger partial charge in [0.05, 0.1) is 13.6 Å². The molecule has 0 amide bonds. The van der Waals surface area contributed by atoms with Crippen LogP contribution in [0.15, 0.2) is 48.6 Å². The summed E-state index contributed by atoms with van der Waals surface area (Å²) in [5.74, 6) is 6.80. The highest BCUT2D eigenvalue weighted by Gasteiger charge is 2.21. The van der Waals surface area contributed by atoms with E-state index in [-0.39, 0.29) is 12.2 Å². The minimum atomic E-state index is -0.569. The Kier molecular flexibility index (Phi) is 21.3. The van der Waals surface area contributed by atoms with Gasteiger partial charge in [-0.05, 0) is 18.4 Å². The second kappa shape index (κ2) is 20.8. The van der Waals surface area contributed by atoms with Crippen LogP contribution in [0.4, 0.5) is 0 Å². The van der Waals surface area contributed by atoms with E-state index in [1.807, 2.05) is 30.4 Å². The van der Waals surface area contributed by atoms with E-state index in [2.05, 4.69) is 77.6 Å². The molecule has 0 N–H and O–H groups in total. The molecule has 7 heteroatoms. The van der Waals surface area contributed by atoms with Gasteiger partial charge in [-0.3, -0.25) is 0 Å². The molecular formula is C21H37O2P5. The molecule has 0 aliphatic rings. The van der Waals surface area contributed by atoms with Crippen molar-refractivity contribution in [1.29, 1.82) is 0 Å². The lowest BCUT2D eigenvalue weighted by Gasteiger charge is -2.26. The Hall–Kier alpha value is 0.590. The topological polar surface area (TPSA) is 18.5 Å². The van der Waals surface area contributed by atoms with Gasteiger partial charge in [-0.1, -0.05) is 121 Å². The van der Waals surface area contributed by atoms with Crippen molar-refractivity contribution in [2.45, 2.75) is 65.1 Å². The molecule has 2 nitrogen and oxygen atoms in total. The van der Waals surface area contributed by atoms with Gasteiger partial charge in [0.15, 0.2) is 0 Å². The minimum Gasteiger partial charge on any atom is -0.348 e. The first kappa shape index (κ1) is 28.6. The van der Waals surface area contributed by atoms with Crippen molar-refractivity contribution in [2.24, 2.45) is 5.92 Å². The van der Waals surface area contributed by atoms with Crippen LogP contribution in [0, 0.1) is 17.8 Å². The summed E-state index contributed by atoms with van der Waals surface area (Å²) in [5, 5.41) is 0. The summed E-state index contributed by atoms with van der Waals surface area (Å²) < 4.78 is 12.0. The first-order valence-corrected chi connectivity index (χ1v) is 17.0. The molecule has 0 spiro atoms. The van der Waals surface area contributed by atoms with Crippen LogP contribution in [0.1, 0.15) is 52.9 Å². The molecule has 0 aromatic heterocycles. The highest BCUT2D eigenvalue weighted by Crippen LogP contribution is 2.55. The van der Waals surface area contributed by atoms with Gasteiger partial charge in [-0.15, -0.1) is 0 Å². The van der Waals surface area contributed by atoms with Crippen LogP contribution in [0.25, 0.3) is 0 Å². The van der Waals surface area contributed by atoms with Gasteiger partial charge in [0.2, 0.25) is 0 Å². The molecule has 158 valence electrons. The van der Waals surface area contributed by atoms with Gasteiger partial charge in [-0.2, -0.15) is 0 Å². The molecule has 0 heterocycles. The summed E-state index contributed by atoms with van der Waals surface area (Å²) in [4.78, 5) is 0. The number of rotatable bonds is 14. The molecular weight excluding hydrogens is 439 g/mol. The monoisotopic (exact) mass is 476 g/mol. The predicted molar refractivity (Wildman–Crippen MR) is 142 cm³/mol. The van der Waals surface area contributed by atoms with E-state index in [0.717, 1.165) is 32.1 Å². The third-order valence-electron chi connectivity index (χ3n) is 3.91. The Morgan fingerprint density at radius 3 is 2.50 bits per heavy atom. The third kappa shape index (κ3) is 17.4. The number of allylic oxidation sites excluding steroid dienone is 7. The molecule has 7 atom stereocenters. The van der Waals surface area contributed by atoms with Crippen LogP contribution in [-0.4, -0.2) is 12.2 Å². The van der Waals surface area contributed by atoms with Crippen molar-refractivity contribution in [1.82, 2.24) is 0 Å². The Bertz CT molecular complexity index is 547. The fourth-order valence-corrected chi connectivity index (χ4v) is 4.47. The van der Waals surface area contributed by atoms with Crippen LogP contribution in [0.5, 0.6) is 0 Å². The molecule has 0 fully saturated rings. The Morgan fingerprint density at radius 1 is 1.11 bits per heavy atom. The summed E-state index contributed by atoms with van der Waals surface area (Å²) >= 11 is 0. The van der Waals surface area contributed by atoms with Gasteiger partial charge in [0, 0.05) is 14.9 Å². The molecule has 0 bridgehead atoms. The van der Waals surface area contributed by atoms with E-state index in [1.165, 1.54) is 0 Å². The molecule has 7 unspecified atom stereocenters. The fourth-order valence-electron chi connectivity index (χ4n) is 2.13. The molecule has 28 heavy (non-hydrogen) atoms. The second-order valence-corrected chi connectivity index (χ2v) is 13.3. The molecule has 0 aromatic rings. The maximum absolute atomic E-state index is 6.08. The number of unbranched alkanes of at least 4 members (excludes halogenated alkanes) is 1. The van der Waals surface area contributed by atoms with Gasteiger partial charge in [0.1, 0.15) is 6.10 Å². The predicted octanol–water partition coefficient (Wildman–Crippen LogP) is 7.97. The van der Waals surface area contributed by atoms with Gasteiger partial charge in [-0.25, -0.2) is 0 Å². The summed E-state index contributed by atoms with van der Waals surface area (Å²) in [7, 11) is 7.91. The smallest absolute Gasteiger partial charge is 0.107 e. The Balaban J connectivity index is 4.53. The van der Waals surface area contributed by atoms with E-state index in [4.69, 9.17) is 9.05 Å². The molecule has 0 radical (unpaired) electrons. The van der Waals surface area contributed by atoms with E-state index in [1.54, 1.807) is 0 Å². The average molecular weight is 476 g/mol. The first-order valence-electron chi connectivity index (χ1n) is 9.77. The molecule has 0 aliphatic carbocycles. The Labute approximate surface area is 183 Å². The van der Waals surface area contributed by atoms with Crippen LogP contribution in [0.3, 0.4) is 0 Å². The zero-order valence-electron chi connectivity index (χ0n) is 17.4. The lowest BCUT2D eigenvalue weighted by Crippen LogP contribution is -2.26. The summed E-state index contributed by atoms with van der Waals surface area (Å²) in [5.41, 5.74) is 0. The van der Waals surface area contributed by atoms with Crippen molar-refractivity contribution in [3.05, 3.63) is 48.6 Å². The molecule has 0 saturated carbocycles. The van der Waals surface area contributed by atoms with Crippen LogP contribution in [-0.2, 0) is 9.05 Å². The van der Waals surface area contributed by atoms with Crippen molar-refractivity contribution < 1.29 is 9.05 Å². The summed E-state index contributed by atoms with van der Waals surface area (Å²) in [6, 6.07) is 0. The van der Waals surface area contributed by atoms with E-state index < -0.39 is 7.53 Å². The maximum atomic E-state index is 6.08. The van der Waals surface area contributed by atoms with E-state index in [9.17, 15) is 0 Å². The molecule has 0 aromatic carbocycles. The minimum absolute atomic E-state index is 0.0229. The van der Waals surface area contributed by atoms with Crippen molar-refractivity contribution in [2.75, 3.05) is 0 Å². The van der Waals surface area contributed by atoms with Gasteiger partial charge in [0.25, 0.3) is 0 Å². The lowest BCUT2D eigenvalue weighted by molar-refractivity contribution is 0.102.